The maximum Gasteiger partial charge on any atom is 0.330 e. The number of hydrogen-bond acceptors (Lipinski definition) is 10. The summed E-state index contributed by atoms with van der Waals surface area (Å²) in [7, 11) is 3.12. The lowest BCUT2D eigenvalue weighted by atomic mass is 10.1. The van der Waals surface area contributed by atoms with Crippen molar-refractivity contribution in [2.24, 2.45) is 0 Å². The average Bonchev–Trinajstić information content (AvgIpc) is 2.85. The van der Waals surface area contributed by atoms with Gasteiger partial charge in [0.05, 0.1) is 46.9 Å². The number of ether oxygens (including phenoxy) is 5. The van der Waals surface area contributed by atoms with Crippen LogP contribution in [-0.2, 0) is 29.9 Å². The van der Waals surface area contributed by atoms with Gasteiger partial charge in [-0.05, 0) is 17.7 Å². The van der Waals surface area contributed by atoms with Crippen LogP contribution in [0.25, 0.3) is 6.08 Å². The molecule has 2 rings (SSSR count). The molecule has 2 aromatic rings. The molecule has 0 bridgehead atoms. The van der Waals surface area contributed by atoms with E-state index in [9.17, 15) is 18.0 Å². The van der Waals surface area contributed by atoms with Crippen LogP contribution < -0.4 is 24.3 Å². The Morgan fingerprint density at radius 2 is 1.60 bits per heavy atom. The van der Waals surface area contributed by atoms with Gasteiger partial charge in [-0.25, -0.2) is 18.2 Å². The van der Waals surface area contributed by atoms with E-state index in [2.05, 4.69) is 15.0 Å². The standard InChI is InChI=1S/C23H26N2O9S/c1-30-16-11-19(31-2)17(20(12-16)32-3)8-9-35(28,29)14-15-10-18(23(34-5)24-13-15)25-21(26)6-7-22(27)33-4/h6-13H,14H2,1-5H3,(H,25,26). The molecular formula is C23H26N2O9S. The van der Waals surface area contributed by atoms with Crippen LogP contribution in [0.15, 0.2) is 42.0 Å². The molecule has 1 aromatic carbocycles. The van der Waals surface area contributed by atoms with Gasteiger partial charge in [-0.1, -0.05) is 0 Å². The topological polar surface area (TPSA) is 139 Å². The number of benzene rings is 1. The Balaban J connectivity index is 2.29. The summed E-state index contributed by atoms with van der Waals surface area (Å²) in [6.07, 6.45) is 4.59. The molecule has 12 heteroatoms. The number of hydrogen-bond donors (Lipinski definition) is 1. The molecule has 0 saturated carbocycles. The van der Waals surface area contributed by atoms with Gasteiger partial charge in [0, 0.05) is 35.9 Å². The Kier molecular flexibility index (Phi) is 9.64. The van der Waals surface area contributed by atoms with Gasteiger partial charge in [-0.15, -0.1) is 0 Å². The van der Waals surface area contributed by atoms with Gasteiger partial charge in [0.25, 0.3) is 0 Å². The molecule has 0 aliphatic rings. The van der Waals surface area contributed by atoms with E-state index in [0.717, 1.165) is 17.6 Å². The van der Waals surface area contributed by atoms with Crippen molar-refractivity contribution >= 4 is 33.5 Å². The summed E-state index contributed by atoms with van der Waals surface area (Å²) in [4.78, 5) is 27.3. The molecule has 1 N–H and O–H groups in total. The van der Waals surface area contributed by atoms with Gasteiger partial charge in [0.15, 0.2) is 9.84 Å². The van der Waals surface area contributed by atoms with E-state index >= 15 is 0 Å². The number of esters is 1. The molecule has 1 heterocycles. The molecule has 188 valence electrons. The van der Waals surface area contributed by atoms with Gasteiger partial charge in [0.1, 0.15) is 22.9 Å². The Morgan fingerprint density at radius 3 is 2.14 bits per heavy atom. The molecule has 0 aliphatic carbocycles. The van der Waals surface area contributed by atoms with Crippen molar-refractivity contribution in [1.82, 2.24) is 4.98 Å². The van der Waals surface area contributed by atoms with Gasteiger partial charge >= 0.3 is 5.97 Å². The lowest BCUT2D eigenvalue weighted by Gasteiger charge is -2.12. The van der Waals surface area contributed by atoms with E-state index in [4.69, 9.17) is 18.9 Å². The third-order valence-corrected chi connectivity index (χ3v) is 5.78. The third-order valence-electron chi connectivity index (χ3n) is 4.49. The number of nitrogens with one attached hydrogen (secondary N) is 1. The number of sulfone groups is 1. The highest BCUT2D eigenvalue weighted by molar-refractivity contribution is 7.93. The number of pyridine rings is 1. The summed E-state index contributed by atoms with van der Waals surface area (Å²) in [5.74, 6) is -0.501. The van der Waals surface area contributed by atoms with E-state index in [1.54, 1.807) is 12.1 Å². The van der Waals surface area contributed by atoms with Crippen molar-refractivity contribution in [2.75, 3.05) is 40.9 Å². The van der Waals surface area contributed by atoms with Gasteiger partial charge in [-0.3, -0.25) is 4.79 Å². The van der Waals surface area contributed by atoms with E-state index < -0.39 is 27.5 Å². The summed E-state index contributed by atoms with van der Waals surface area (Å²) in [6.45, 7) is 0. The summed E-state index contributed by atoms with van der Waals surface area (Å²) < 4.78 is 51.0. The van der Waals surface area contributed by atoms with Crippen LogP contribution >= 0.6 is 0 Å². The first-order valence-electron chi connectivity index (χ1n) is 9.97. The van der Waals surface area contributed by atoms with Crippen LogP contribution in [0.5, 0.6) is 23.1 Å². The van der Waals surface area contributed by atoms with E-state index in [0.29, 0.717) is 22.8 Å². The van der Waals surface area contributed by atoms with Crippen LogP contribution in [0.1, 0.15) is 11.1 Å². The number of anilines is 1. The third kappa shape index (κ3) is 7.74. The van der Waals surface area contributed by atoms with Crippen LogP contribution in [-0.4, -0.2) is 60.8 Å². The number of nitrogens with zero attached hydrogens (tertiary/aromatic N) is 1. The van der Waals surface area contributed by atoms with E-state index in [1.165, 1.54) is 53.9 Å². The van der Waals surface area contributed by atoms with Gasteiger partial charge < -0.3 is 29.0 Å². The van der Waals surface area contributed by atoms with Gasteiger partial charge in [-0.2, -0.15) is 0 Å². The molecule has 0 spiro atoms. The van der Waals surface area contributed by atoms with Crippen molar-refractivity contribution in [3.63, 3.8) is 0 Å². The molecule has 11 nitrogen and oxygen atoms in total. The van der Waals surface area contributed by atoms with Crippen molar-refractivity contribution < 1.29 is 41.7 Å². The van der Waals surface area contributed by atoms with Crippen LogP contribution in [0.4, 0.5) is 5.69 Å². The maximum absolute atomic E-state index is 12.8. The SMILES string of the molecule is COC(=O)C=CC(=O)Nc1cc(CS(=O)(=O)C=Cc2c(OC)cc(OC)cc2OC)cnc1OC. The molecule has 0 saturated heterocycles. The Morgan fingerprint density at radius 1 is 0.943 bits per heavy atom. The number of methoxy groups -OCH3 is 5. The Bertz CT molecular complexity index is 1210. The zero-order valence-electron chi connectivity index (χ0n) is 19.9. The number of carbonyl (C=O) groups excluding carboxylic acids is 2. The minimum absolute atomic E-state index is 0.0641. The minimum atomic E-state index is -3.78. The number of amides is 1. The summed E-state index contributed by atoms with van der Waals surface area (Å²) in [5.41, 5.74) is 0.830. The van der Waals surface area contributed by atoms with Crippen LogP contribution in [0, 0.1) is 0 Å². The smallest absolute Gasteiger partial charge is 0.330 e. The van der Waals surface area contributed by atoms with Crippen molar-refractivity contribution in [2.45, 2.75) is 5.75 Å². The highest BCUT2D eigenvalue weighted by Gasteiger charge is 2.16. The normalized spacial score (nSPS) is 11.3. The predicted molar refractivity (Wildman–Crippen MR) is 128 cm³/mol. The lowest BCUT2D eigenvalue weighted by molar-refractivity contribution is -0.135. The monoisotopic (exact) mass is 506 g/mol. The summed E-state index contributed by atoms with van der Waals surface area (Å²) >= 11 is 0. The molecule has 0 atom stereocenters. The van der Waals surface area contributed by atoms with Crippen LogP contribution in [0.2, 0.25) is 0 Å². The molecule has 35 heavy (non-hydrogen) atoms. The summed E-state index contributed by atoms with van der Waals surface area (Å²) in [6, 6.07) is 4.62. The number of aromatic nitrogens is 1. The quantitative estimate of drug-likeness (QED) is 0.357. The first-order valence-corrected chi connectivity index (χ1v) is 11.7. The first kappa shape index (κ1) is 27.2. The number of carbonyl (C=O) groups is 2. The Hall–Kier alpha value is -4.06. The van der Waals surface area contributed by atoms with Crippen molar-refractivity contribution in [3.05, 3.63) is 53.1 Å². The fraction of sp³-hybridized carbons (Fsp3) is 0.261. The van der Waals surface area contributed by atoms with E-state index in [1.807, 2.05) is 0 Å². The second kappa shape index (κ2) is 12.4. The number of rotatable bonds is 11. The fourth-order valence-electron chi connectivity index (χ4n) is 2.86. The zero-order chi connectivity index (χ0) is 26.0. The second-order valence-electron chi connectivity index (χ2n) is 6.80. The molecule has 1 amide bonds. The zero-order valence-corrected chi connectivity index (χ0v) is 20.7. The molecule has 1 aromatic heterocycles. The lowest BCUT2D eigenvalue weighted by Crippen LogP contribution is -2.11. The van der Waals surface area contributed by atoms with E-state index in [-0.39, 0.29) is 17.1 Å². The molecule has 0 fully saturated rings. The molecule has 0 unspecified atom stereocenters. The van der Waals surface area contributed by atoms with Crippen molar-refractivity contribution in [3.8, 4) is 23.1 Å². The van der Waals surface area contributed by atoms with Crippen molar-refractivity contribution in [1.29, 1.82) is 0 Å². The first-order chi connectivity index (χ1) is 16.7. The predicted octanol–water partition coefficient (Wildman–Crippen LogP) is 2.37. The minimum Gasteiger partial charge on any atom is -0.496 e. The average molecular weight is 507 g/mol. The fourth-order valence-corrected chi connectivity index (χ4v) is 3.92. The van der Waals surface area contributed by atoms with Crippen LogP contribution in [0.3, 0.4) is 0 Å². The molecular weight excluding hydrogens is 480 g/mol. The second-order valence-corrected chi connectivity index (χ2v) is 8.69. The summed E-state index contributed by atoms with van der Waals surface area (Å²) in [5, 5.41) is 3.52. The van der Waals surface area contributed by atoms with Gasteiger partial charge in [0.2, 0.25) is 11.8 Å². The highest BCUT2D eigenvalue weighted by Crippen LogP contribution is 2.35. The molecule has 0 aliphatic heterocycles. The molecule has 0 radical (unpaired) electrons. The maximum atomic E-state index is 12.8. The Labute approximate surface area is 203 Å². The highest BCUT2D eigenvalue weighted by atomic mass is 32.2. The largest absolute Gasteiger partial charge is 0.496 e.